The zero-order valence-corrected chi connectivity index (χ0v) is 13.5. The van der Waals surface area contributed by atoms with E-state index in [4.69, 9.17) is 16.3 Å². The van der Waals surface area contributed by atoms with Crippen molar-refractivity contribution in [2.75, 3.05) is 11.9 Å². The molecule has 0 bridgehead atoms. The van der Waals surface area contributed by atoms with E-state index in [2.05, 4.69) is 20.7 Å². The number of rotatable bonds is 6. The van der Waals surface area contributed by atoms with E-state index in [1.165, 1.54) is 4.80 Å². The van der Waals surface area contributed by atoms with E-state index < -0.39 is 0 Å². The fraction of sp³-hybridized carbons (Fsp3) is 0.429. The van der Waals surface area contributed by atoms with Crippen LogP contribution in [0.15, 0.2) is 12.1 Å². The monoisotopic (exact) mass is 323 g/mol. The third kappa shape index (κ3) is 4.17. The SMILES string of the molecule is CCCn1nnc(NC(=O)COc2cc(C)c(Cl)c(C)c2)n1. The second-order valence-corrected chi connectivity index (χ2v) is 5.29. The molecule has 0 unspecified atom stereocenters. The summed E-state index contributed by atoms with van der Waals surface area (Å²) < 4.78 is 5.46. The van der Waals surface area contributed by atoms with Crippen LogP contribution in [0.25, 0.3) is 0 Å². The number of aryl methyl sites for hydroxylation is 3. The Hall–Kier alpha value is -2.15. The second-order valence-electron chi connectivity index (χ2n) is 4.92. The van der Waals surface area contributed by atoms with Gasteiger partial charge in [0.2, 0.25) is 0 Å². The van der Waals surface area contributed by atoms with Crippen LogP contribution in [0.5, 0.6) is 5.75 Å². The number of nitrogens with zero attached hydrogens (tertiary/aromatic N) is 4. The number of ether oxygens (including phenoxy) is 1. The zero-order chi connectivity index (χ0) is 16.1. The predicted molar refractivity (Wildman–Crippen MR) is 83.2 cm³/mol. The molecule has 7 nitrogen and oxygen atoms in total. The molecule has 118 valence electrons. The number of carbonyl (C=O) groups excluding carboxylic acids is 1. The van der Waals surface area contributed by atoms with Crippen molar-refractivity contribution < 1.29 is 9.53 Å². The number of halogens is 1. The van der Waals surface area contributed by atoms with Crippen molar-refractivity contribution >= 4 is 23.5 Å². The van der Waals surface area contributed by atoms with Crippen molar-refractivity contribution in [3.63, 3.8) is 0 Å². The summed E-state index contributed by atoms with van der Waals surface area (Å²) in [5.41, 5.74) is 1.81. The average Bonchev–Trinajstić information content (AvgIpc) is 2.90. The smallest absolute Gasteiger partial charge is 0.270 e. The summed E-state index contributed by atoms with van der Waals surface area (Å²) in [5.74, 6) is 0.420. The zero-order valence-electron chi connectivity index (χ0n) is 12.8. The third-order valence-electron chi connectivity index (χ3n) is 2.91. The van der Waals surface area contributed by atoms with Crippen LogP contribution in [0, 0.1) is 13.8 Å². The molecule has 0 spiro atoms. The van der Waals surface area contributed by atoms with E-state index >= 15 is 0 Å². The number of aromatic nitrogens is 4. The van der Waals surface area contributed by atoms with E-state index in [-0.39, 0.29) is 18.5 Å². The number of anilines is 1. The molecule has 8 heteroatoms. The lowest BCUT2D eigenvalue weighted by Crippen LogP contribution is -2.21. The summed E-state index contributed by atoms with van der Waals surface area (Å²) in [4.78, 5) is 13.2. The molecule has 0 aliphatic rings. The summed E-state index contributed by atoms with van der Waals surface area (Å²) >= 11 is 6.09. The highest BCUT2D eigenvalue weighted by atomic mass is 35.5. The molecule has 0 saturated carbocycles. The molecule has 0 radical (unpaired) electrons. The lowest BCUT2D eigenvalue weighted by atomic mass is 10.1. The Morgan fingerprint density at radius 2 is 2.05 bits per heavy atom. The molecule has 2 aromatic rings. The maximum atomic E-state index is 11.8. The van der Waals surface area contributed by atoms with Gasteiger partial charge in [0.05, 0.1) is 6.54 Å². The minimum Gasteiger partial charge on any atom is -0.484 e. The van der Waals surface area contributed by atoms with Crippen molar-refractivity contribution in [2.45, 2.75) is 33.7 Å². The van der Waals surface area contributed by atoms with E-state index in [9.17, 15) is 4.79 Å². The summed E-state index contributed by atoms with van der Waals surface area (Å²) in [6.07, 6.45) is 0.891. The molecule has 0 atom stereocenters. The maximum Gasteiger partial charge on any atom is 0.270 e. The minimum atomic E-state index is -0.346. The first-order valence-electron chi connectivity index (χ1n) is 6.96. The van der Waals surface area contributed by atoms with Crippen molar-refractivity contribution in [2.24, 2.45) is 0 Å². The van der Waals surface area contributed by atoms with Gasteiger partial charge in [-0.05, 0) is 48.7 Å². The van der Waals surface area contributed by atoms with Crippen molar-refractivity contribution in [1.29, 1.82) is 0 Å². The molecule has 1 aromatic heterocycles. The van der Waals surface area contributed by atoms with Gasteiger partial charge in [0.1, 0.15) is 5.75 Å². The third-order valence-corrected chi connectivity index (χ3v) is 3.50. The molecule has 22 heavy (non-hydrogen) atoms. The van der Waals surface area contributed by atoms with Gasteiger partial charge in [-0.1, -0.05) is 23.6 Å². The van der Waals surface area contributed by atoms with Crippen LogP contribution in [0.1, 0.15) is 24.5 Å². The van der Waals surface area contributed by atoms with Gasteiger partial charge in [0, 0.05) is 5.02 Å². The molecule has 1 N–H and O–H groups in total. The van der Waals surface area contributed by atoms with Crippen LogP contribution in [-0.4, -0.2) is 32.7 Å². The first-order chi connectivity index (χ1) is 10.5. The Labute approximate surface area is 133 Å². The Bertz CT molecular complexity index is 648. The van der Waals surface area contributed by atoms with Crippen molar-refractivity contribution in [1.82, 2.24) is 20.2 Å². The van der Waals surface area contributed by atoms with E-state index in [1.807, 2.05) is 20.8 Å². The van der Waals surface area contributed by atoms with Gasteiger partial charge in [-0.3, -0.25) is 10.1 Å². The standard InChI is InChI=1S/C14H18ClN5O2/c1-4-5-20-18-14(17-19-20)16-12(21)8-22-11-6-9(2)13(15)10(3)7-11/h6-7H,4-5,8H2,1-3H3,(H,16,18,21). The highest BCUT2D eigenvalue weighted by molar-refractivity contribution is 6.32. The second kappa shape index (κ2) is 7.22. The summed E-state index contributed by atoms with van der Waals surface area (Å²) in [6, 6.07) is 3.58. The molecule has 0 fully saturated rings. The number of benzene rings is 1. The molecule has 0 saturated heterocycles. The van der Waals surface area contributed by atoms with Gasteiger partial charge in [-0.15, -0.1) is 5.10 Å². The number of hydrogen-bond acceptors (Lipinski definition) is 5. The lowest BCUT2D eigenvalue weighted by molar-refractivity contribution is -0.118. The number of carbonyl (C=O) groups is 1. The first-order valence-corrected chi connectivity index (χ1v) is 7.34. The Morgan fingerprint density at radius 1 is 1.36 bits per heavy atom. The van der Waals surface area contributed by atoms with Gasteiger partial charge in [0.15, 0.2) is 6.61 Å². The molecular weight excluding hydrogens is 306 g/mol. The Morgan fingerprint density at radius 3 is 2.68 bits per heavy atom. The first kappa shape index (κ1) is 16.2. The highest BCUT2D eigenvalue weighted by Crippen LogP contribution is 2.25. The van der Waals surface area contributed by atoms with Gasteiger partial charge >= 0.3 is 0 Å². The molecule has 1 heterocycles. The van der Waals surface area contributed by atoms with Gasteiger partial charge in [0.25, 0.3) is 11.9 Å². The molecule has 1 aromatic carbocycles. The summed E-state index contributed by atoms with van der Waals surface area (Å²) in [6.45, 7) is 6.30. The largest absolute Gasteiger partial charge is 0.484 e. The van der Waals surface area contributed by atoms with Crippen molar-refractivity contribution in [3.05, 3.63) is 28.3 Å². The fourth-order valence-corrected chi connectivity index (χ4v) is 2.00. The molecular formula is C14H18ClN5O2. The minimum absolute atomic E-state index is 0.136. The van der Waals surface area contributed by atoms with E-state index in [1.54, 1.807) is 12.1 Å². The number of nitrogens with one attached hydrogen (secondary N) is 1. The van der Waals surface area contributed by atoms with Gasteiger partial charge in [-0.2, -0.15) is 4.80 Å². The molecule has 0 aliphatic heterocycles. The predicted octanol–water partition coefficient (Wildman–Crippen LogP) is 2.37. The quantitative estimate of drug-likeness (QED) is 0.882. The Kier molecular flexibility index (Phi) is 5.32. The summed E-state index contributed by atoms with van der Waals surface area (Å²) in [5, 5.41) is 14.8. The van der Waals surface area contributed by atoms with Crippen LogP contribution >= 0.6 is 11.6 Å². The number of hydrogen-bond donors (Lipinski definition) is 1. The van der Waals surface area contributed by atoms with Crippen molar-refractivity contribution in [3.8, 4) is 5.75 Å². The molecule has 1 amide bonds. The topological polar surface area (TPSA) is 81.9 Å². The number of amides is 1. The maximum absolute atomic E-state index is 11.8. The number of tetrazole rings is 1. The summed E-state index contributed by atoms with van der Waals surface area (Å²) in [7, 11) is 0. The average molecular weight is 324 g/mol. The lowest BCUT2D eigenvalue weighted by Gasteiger charge is -2.09. The van der Waals surface area contributed by atoms with E-state index in [0.29, 0.717) is 17.3 Å². The van der Waals surface area contributed by atoms with Crippen LogP contribution < -0.4 is 10.1 Å². The molecule has 2 rings (SSSR count). The van der Waals surface area contributed by atoms with E-state index in [0.717, 1.165) is 17.5 Å². The van der Waals surface area contributed by atoms with Crippen LogP contribution in [0.3, 0.4) is 0 Å². The fourth-order valence-electron chi connectivity index (χ4n) is 1.89. The van der Waals surface area contributed by atoms with Crippen LogP contribution in [0.2, 0.25) is 5.02 Å². The Balaban J connectivity index is 1.89. The van der Waals surface area contributed by atoms with Gasteiger partial charge in [-0.25, -0.2) is 0 Å². The molecule has 0 aliphatic carbocycles. The van der Waals surface area contributed by atoms with Crippen LogP contribution in [0.4, 0.5) is 5.95 Å². The van der Waals surface area contributed by atoms with Gasteiger partial charge < -0.3 is 4.74 Å². The van der Waals surface area contributed by atoms with Crippen LogP contribution in [-0.2, 0) is 11.3 Å². The highest BCUT2D eigenvalue weighted by Gasteiger charge is 2.09. The normalized spacial score (nSPS) is 10.5.